The molecule has 2 aromatic rings. The zero-order valence-corrected chi connectivity index (χ0v) is 13.5. The van der Waals surface area contributed by atoms with Crippen molar-refractivity contribution in [1.29, 1.82) is 0 Å². The predicted octanol–water partition coefficient (Wildman–Crippen LogP) is 3.30. The van der Waals surface area contributed by atoms with Crippen molar-refractivity contribution in [2.45, 2.75) is 6.92 Å². The molecule has 0 atom stereocenters. The second-order valence-electron chi connectivity index (χ2n) is 4.54. The summed E-state index contributed by atoms with van der Waals surface area (Å²) in [6.45, 7) is 1.60. The topological polar surface area (TPSA) is 84.5 Å². The molecule has 0 saturated carbocycles. The first kappa shape index (κ1) is 18.5. The van der Waals surface area contributed by atoms with Crippen LogP contribution in [0.25, 0.3) is 0 Å². The van der Waals surface area contributed by atoms with Gasteiger partial charge in [-0.3, -0.25) is 14.9 Å². The van der Waals surface area contributed by atoms with E-state index in [2.05, 4.69) is 10.1 Å². The van der Waals surface area contributed by atoms with Crippen LogP contribution < -0.4 is 10.6 Å². The molecule has 0 radical (unpaired) electrons. The number of carbonyl (C=O) groups is 3. The van der Waals surface area contributed by atoms with Crippen LogP contribution >= 0.6 is 11.3 Å². The standard InChI is InChI=1S/C15H11F3N2O4S/c1-2-24-15(23)20-12(21)8-3-4-25-14(8)19-13(22)11-9(17)5-7(16)6-10(11)18/h3-6H,2H2,1H3,(H,19,22)(H,20,21,23). The van der Waals surface area contributed by atoms with Gasteiger partial charge in [0.05, 0.1) is 12.2 Å². The molecular formula is C15H11F3N2O4S. The molecule has 2 rings (SSSR count). The number of alkyl carbamates (subject to hydrolysis) is 1. The summed E-state index contributed by atoms with van der Waals surface area (Å²) in [6, 6.07) is 2.02. The summed E-state index contributed by atoms with van der Waals surface area (Å²) >= 11 is 0.892. The number of anilines is 1. The monoisotopic (exact) mass is 372 g/mol. The third-order valence-corrected chi connectivity index (χ3v) is 3.69. The summed E-state index contributed by atoms with van der Waals surface area (Å²) in [7, 11) is 0. The summed E-state index contributed by atoms with van der Waals surface area (Å²) in [5, 5.41) is 5.46. The third-order valence-electron chi connectivity index (χ3n) is 2.86. The van der Waals surface area contributed by atoms with Gasteiger partial charge in [0.1, 0.15) is 28.0 Å². The van der Waals surface area contributed by atoms with E-state index in [1.54, 1.807) is 6.92 Å². The number of benzene rings is 1. The van der Waals surface area contributed by atoms with Gasteiger partial charge in [0.15, 0.2) is 0 Å². The van der Waals surface area contributed by atoms with Crippen LogP contribution in [-0.2, 0) is 4.74 Å². The fourth-order valence-corrected chi connectivity index (χ4v) is 2.62. The SMILES string of the molecule is CCOC(=O)NC(=O)c1ccsc1NC(=O)c1c(F)cc(F)cc1F. The van der Waals surface area contributed by atoms with Crippen molar-refractivity contribution in [3.05, 3.63) is 52.2 Å². The highest BCUT2D eigenvalue weighted by atomic mass is 32.1. The number of amides is 3. The minimum absolute atomic E-state index is 0.0464. The van der Waals surface area contributed by atoms with E-state index < -0.39 is 40.9 Å². The fourth-order valence-electron chi connectivity index (χ4n) is 1.84. The number of imide groups is 1. The van der Waals surface area contributed by atoms with Gasteiger partial charge in [-0.05, 0) is 18.4 Å². The van der Waals surface area contributed by atoms with E-state index in [4.69, 9.17) is 0 Å². The molecule has 0 unspecified atom stereocenters. The Labute approximate surface area is 143 Å². The normalized spacial score (nSPS) is 10.2. The van der Waals surface area contributed by atoms with Crippen molar-refractivity contribution in [2.24, 2.45) is 0 Å². The lowest BCUT2D eigenvalue weighted by Gasteiger charge is -2.08. The first-order chi connectivity index (χ1) is 11.8. The fraction of sp³-hybridized carbons (Fsp3) is 0.133. The van der Waals surface area contributed by atoms with Gasteiger partial charge in [0.25, 0.3) is 11.8 Å². The highest BCUT2D eigenvalue weighted by Crippen LogP contribution is 2.25. The maximum Gasteiger partial charge on any atom is 0.414 e. The molecule has 6 nitrogen and oxygen atoms in total. The highest BCUT2D eigenvalue weighted by Gasteiger charge is 2.22. The molecule has 0 bridgehead atoms. The molecule has 10 heteroatoms. The average molecular weight is 372 g/mol. The quantitative estimate of drug-likeness (QED) is 0.862. The molecule has 0 aliphatic heterocycles. The molecule has 2 N–H and O–H groups in total. The number of nitrogens with one attached hydrogen (secondary N) is 2. The van der Waals surface area contributed by atoms with E-state index in [1.807, 2.05) is 5.32 Å². The molecule has 0 aliphatic carbocycles. The summed E-state index contributed by atoms with van der Waals surface area (Å²) in [5.41, 5.74) is -1.10. The van der Waals surface area contributed by atoms with Gasteiger partial charge in [0.2, 0.25) is 0 Å². The molecule has 132 valence electrons. The van der Waals surface area contributed by atoms with Gasteiger partial charge in [0, 0.05) is 12.1 Å². The minimum atomic E-state index is -1.39. The highest BCUT2D eigenvalue weighted by molar-refractivity contribution is 7.14. The molecular weight excluding hydrogens is 361 g/mol. The Morgan fingerprint density at radius 2 is 1.76 bits per heavy atom. The number of hydrogen-bond donors (Lipinski definition) is 2. The van der Waals surface area contributed by atoms with Crippen molar-refractivity contribution in [2.75, 3.05) is 11.9 Å². The number of halogens is 3. The van der Waals surface area contributed by atoms with Crippen LogP contribution in [0.4, 0.5) is 23.0 Å². The van der Waals surface area contributed by atoms with Crippen molar-refractivity contribution < 1.29 is 32.3 Å². The lowest BCUT2D eigenvalue weighted by molar-refractivity contribution is 0.0926. The molecule has 1 aromatic heterocycles. The van der Waals surface area contributed by atoms with E-state index in [-0.39, 0.29) is 17.2 Å². The summed E-state index contributed by atoms with van der Waals surface area (Å²) < 4.78 is 44.7. The Hall–Kier alpha value is -2.88. The first-order valence-electron chi connectivity index (χ1n) is 6.85. The van der Waals surface area contributed by atoms with E-state index in [0.29, 0.717) is 12.1 Å². The van der Waals surface area contributed by atoms with Crippen LogP contribution in [0.15, 0.2) is 23.6 Å². The van der Waals surface area contributed by atoms with Crippen LogP contribution in [-0.4, -0.2) is 24.5 Å². The molecule has 0 fully saturated rings. The van der Waals surface area contributed by atoms with Crippen LogP contribution in [0.5, 0.6) is 0 Å². The summed E-state index contributed by atoms with van der Waals surface area (Å²) in [5.74, 6) is -6.01. The summed E-state index contributed by atoms with van der Waals surface area (Å²) in [6.07, 6.45) is -0.980. The van der Waals surface area contributed by atoms with Crippen molar-refractivity contribution in [1.82, 2.24) is 5.32 Å². The number of ether oxygens (including phenoxy) is 1. The van der Waals surface area contributed by atoms with E-state index in [1.165, 1.54) is 11.4 Å². The van der Waals surface area contributed by atoms with Crippen LogP contribution in [0.2, 0.25) is 0 Å². The maximum atomic E-state index is 13.6. The number of carbonyl (C=O) groups excluding carboxylic acids is 3. The van der Waals surface area contributed by atoms with Crippen molar-refractivity contribution in [3.63, 3.8) is 0 Å². The van der Waals surface area contributed by atoms with Crippen LogP contribution in [0.3, 0.4) is 0 Å². The van der Waals surface area contributed by atoms with Gasteiger partial charge in [-0.15, -0.1) is 11.3 Å². The molecule has 25 heavy (non-hydrogen) atoms. The van der Waals surface area contributed by atoms with E-state index >= 15 is 0 Å². The third kappa shape index (κ3) is 4.35. The largest absolute Gasteiger partial charge is 0.450 e. The minimum Gasteiger partial charge on any atom is -0.450 e. The van der Waals surface area contributed by atoms with E-state index in [9.17, 15) is 27.6 Å². The molecule has 3 amide bonds. The molecule has 0 spiro atoms. The van der Waals surface area contributed by atoms with Gasteiger partial charge >= 0.3 is 6.09 Å². The zero-order valence-electron chi connectivity index (χ0n) is 12.7. The Balaban J connectivity index is 2.20. The zero-order chi connectivity index (χ0) is 18.6. The smallest absolute Gasteiger partial charge is 0.414 e. The molecule has 0 aliphatic rings. The second-order valence-corrected chi connectivity index (χ2v) is 5.45. The van der Waals surface area contributed by atoms with Gasteiger partial charge in [-0.1, -0.05) is 0 Å². The predicted molar refractivity (Wildman–Crippen MR) is 83.1 cm³/mol. The van der Waals surface area contributed by atoms with E-state index in [0.717, 1.165) is 11.3 Å². The van der Waals surface area contributed by atoms with Crippen molar-refractivity contribution in [3.8, 4) is 0 Å². The number of thiophene rings is 1. The number of hydrogen-bond acceptors (Lipinski definition) is 5. The Kier molecular flexibility index (Phi) is 5.75. The molecule has 1 heterocycles. The lowest BCUT2D eigenvalue weighted by Crippen LogP contribution is -2.31. The maximum absolute atomic E-state index is 13.6. The van der Waals surface area contributed by atoms with Crippen molar-refractivity contribution >= 4 is 34.2 Å². The Morgan fingerprint density at radius 1 is 1.12 bits per heavy atom. The van der Waals surface area contributed by atoms with Gasteiger partial charge in [-0.2, -0.15) is 0 Å². The second kappa shape index (κ2) is 7.79. The Bertz CT molecular complexity index is 815. The van der Waals surface area contributed by atoms with Crippen LogP contribution in [0.1, 0.15) is 27.6 Å². The summed E-state index contributed by atoms with van der Waals surface area (Å²) in [4.78, 5) is 35.2. The molecule has 0 saturated heterocycles. The average Bonchev–Trinajstić information content (AvgIpc) is 2.94. The molecule has 1 aromatic carbocycles. The Morgan fingerprint density at radius 3 is 2.36 bits per heavy atom. The van der Waals surface area contributed by atoms with Gasteiger partial charge < -0.3 is 10.1 Å². The lowest BCUT2D eigenvalue weighted by atomic mass is 10.1. The van der Waals surface area contributed by atoms with Crippen LogP contribution in [0, 0.1) is 17.5 Å². The number of rotatable bonds is 4. The first-order valence-corrected chi connectivity index (χ1v) is 7.73. The van der Waals surface area contributed by atoms with Gasteiger partial charge in [-0.25, -0.2) is 18.0 Å².